The Labute approximate surface area is 260 Å². The van der Waals surface area contributed by atoms with Gasteiger partial charge < -0.3 is 59.2 Å². The van der Waals surface area contributed by atoms with Crippen LogP contribution in [-0.2, 0) is 57.1 Å². The van der Waals surface area contributed by atoms with Crippen molar-refractivity contribution in [1.29, 1.82) is 0 Å². The highest BCUT2D eigenvalue weighted by molar-refractivity contribution is 5.78. The Morgan fingerprint density at radius 3 is 0.977 bits per heavy atom. The average Bonchev–Trinajstić information content (AvgIpc) is 2.99. The number of carbonyl (C=O) groups excluding carboxylic acids is 4. The molecule has 0 aliphatic rings. The van der Waals surface area contributed by atoms with Crippen LogP contribution in [0.5, 0.6) is 0 Å². The molecule has 0 aromatic heterocycles. The van der Waals surface area contributed by atoms with Crippen molar-refractivity contribution in [3.63, 3.8) is 0 Å². The molecule has 0 saturated heterocycles. The lowest BCUT2D eigenvalue weighted by atomic mass is 10.5. The van der Waals surface area contributed by atoms with Gasteiger partial charge in [-0.1, -0.05) is 6.92 Å². The van der Waals surface area contributed by atoms with Crippen molar-refractivity contribution in [2.75, 3.05) is 132 Å². The van der Waals surface area contributed by atoms with Gasteiger partial charge in [-0.05, 0) is 13.3 Å². The first-order valence-corrected chi connectivity index (χ1v) is 14.7. The van der Waals surface area contributed by atoms with Crippen LogP contribution in [-0.4, -0.2) is 156 Å². The molecule has 0 saturated carbocycles. The van der Waals surface area contributed by atoms with Gasteiger partial charge in [-0.2, -0.15) is 0 Å². The highest BCUT2D eigenvalue weighted by atomic mass is 16.5. The maximum atomic E-state index is 11.7. The van der Waals surface area contributed by atoms with E-state index >= 15 is 0 Å². The second kappa shape index (κ2) is 32.5. The first-order valence-electron chi connectivity index (χ1n) is 14.7. The lowest BCUT2D eigenvalue weighted by molar-refractivity contribution is -0.128. The van der Waals surface area contributed by atoms with Gasteiger partial charge in [0.1, 0.15) is 26.4 Å². The Morgan fingerprint density at radius 2 is 0.674 bits per heavy atom. The summed E-state index contributed by atoms with van der Waals surface area (Å²) in [6.07, 6.45) is 0.944. The minimum absolute atomic E-state index is 0. The average molecular weight is 633 g/mol. The summed E-state index contributed by atoms with van der Waals surface area (Å²) in [7, 11) is 0. The molecule has 0 aliphatic carbocycles. The predicted molar refractivity (Wildman–Crippen MR) is 163 cm³/mol. The predicted octanol–water partition coefficient (Wildman–Crippen LogP) is -1.00. The number of nitrogens with one attached hydrogen (secondary N) is 4. The zero-order chi connectivity index (χ0) is 31.6. The van der Waals surface area contributed by atoms with Gasteiger partial charge in [0.05, 0.1) is 72.7 Å². The molecule has 0 aliphatic heterocycles. The number of carbonyl (C=O) groups is 4. The van der Waals surface area contributed by atoms with Gasteiger partial charge in [0.15, 0.2) is 0 Å². The molecule has 4 N–H and O–H groups in total. The highest BCUT2D eigenvalue weighted by Gasteiger charge is 2.04. The largest absolute Gasteiger partial charge is 0.379 e. The second-order valence-electron chi connectivity index (χ2n) is 8.66. The molecule has 16 nitrogen and oxygen atoms in total. The summed E-state index contributed by atoms with van der Waals surface area (Å²) in [6, 6.07) is 0. The molecule has 0 spiro atoms. The summed E-state index contributed by atoms with van der Waals surface area (Å²) < 4.78 is 42.0. The molecule has 0 bridgehead atoms. The molecular formula is C27H60N4O12. The normalized spacial score (nSPS) is 10.8. The summed E-state index contributed by atoms with van der Waals surface area (Å²) in [5.41, 5.74) is 0. The van der Waals surface area contributed by atoms with E-state index in [0.29, 0.717) is 79.0 Å². The Hall–Kier alpha value is -2.44. The highest BCUT2D eigenvalue weighted by Crippen LogP contribution is 1.85. The molecule has 0 unspecified atom stereocenters. The Bertz CT molecular complexity index is 723. The Balaban J connectivity index is -0.00000147. The third kappa shape index (κ3) is 32.3. The molecule has 43 heavy (non-hydrogen) atoms. The summed E-state index contributed by atoms with van der Waals surface area (Å²) in [5, 5.41) is 10.6. The van der Waals surface area contributed by atoms with Gasteiger partial charge in [0.2, 0.25) is 23.6 Å². The fourth-order valence-electron chi connectivity index (χ4n) is 2.87. The van der Waals surface area contributed by atoms with E-state index in [-0.39, 0.29) is 82.2 Å². The molecule has 260 valence electrons. The maximum absolute atomic E-state index is 11.7. The van der Waals surface area contributed by atoms with Crippen molar-refractivity contribution >= 4 is 23.6 Å². The van der Waals surface area contributed by atoms with Crippen molar-refractivity contribution in [3.8, 4) is 0 Å². The number of hydrogen-bond donors (Lipinski definition) is 4. The van der Waals surface area contributed by atoms with Crippen molar-refractivity contribution in [2.45, 2.75) is 20.3 Å². The fraction of sp³-hybridized carbons (Fsp3) is 0.852. The molecular weight excluding hydrogens is 572 g/mol. The summed E-state index contributed by atoms with van der Waals surface area (Å²) in [5.74, 6) is -0.943. The number of ether oxygens (including phenoxy) is 8. The van der Waals surface area contributed by atoms with Crippen LogP contribution in [0.25, 0.3) is 0 Å². The quantitative estimate of drug-likeness (QED) is 0.0663. The second-order valence-corrected chi connectivity index (χ2v) is 8.66. The monoisotopic (exact) mass is 632 g/mol. The Kier molecular flexibility index (Phi) is 30.6. The molecule has 0 fully saturated rings. The van der Waals surface area contributed by atoms with Crippen LogP contribution in [0.4, 0.5) is 0 Å². The molecule has 0 heterocycles. The topological polar surface area (TPSA) is 190 Å². The van der Waals surface area contributed by atoms with Crippen LogP contribution in [0.1, 0.15) is 26.0 Å². The maximum Gasteiger partial charge on any atom is 0.246 e. The van der Waals surface area contributed by atoms with E-state index in [0.717, 1.165) is 6.42 Å². The summed E-state index contributed by atoms with van der Waals surface area (Å²) in [6.45, 7) is 9.28. The van der Waals surface area contributed by atoms with E-state index in [2.05, 4.69) is 21.3 Å². The SMILES string of the molecule is CCCOCCOCC(=O)NCCOCCOCC(=O)NCCOCCOCC(=O)NCCOCCOCC(=O)NCC.[HH].[HH].[HH].[HH]. The number of hydrogen-bond acceptors (Lipinski definition) is 12. The lowest BCUT2D eigenvalue weighted by Gasteiger charge is -2.09. The van der Waals surface area contributed by atoms with E-state index in [1.54, 1.807) is 0 Å². The van der Waals surface area contributed by atoms with Crippen molar-refractivity contribution in [1.82, 2.24) is 21.3 Å². The number of amides is 4. The summed E-state index contributed by atoms with van der Waals surface area (Å²) in [4.78, 5) is 46.2. The standard InChI is InChI=1S/C27H52N4O12.4H2/c1-3-8-36-12-16-41-21-25(33)29-6-10-38-14-18-43-23-27(35)31-7-11-39-15-19-42-22-26(34)30-5-9-37-13-17-40-20-24(32)28-4-2;;;;/h3-23H2,1-2H3,(H,28,32)(H,29,33)(H,30,34)(H,31,35);4*1H. The van der Waals surface area contributed by atoms with Gasteiger partial charge in [0.25, 0.3) is 0 Å². The van der Waals surface area contributed by atoms with E-state index in [4.69, 9.17) is 37.9 Å². The first-order chi connectivity index (χ1) is 21.0. The lowest BCUT2D eigenvalue weighted by Crippen LogP contribution is -2.32. The molecule has 0 radical (unpaired) electrons. The zero-order valence-electron chi connectivity index (χ0n) is 25.7. The van der Waals surface area contributed by atoms with Gasteiger partial charge in [-0.25, -0.2) is 0 Å². The van der Waals surface area contributed by atoms with Crippen LogP contribution >= 0.6 is 0 Å². The summed E-state index contributed by atoms with van der Waals surface area (Å²) >= 11 is 0. The molecule has 0 aromatic rings. The van der Waals surface area contributed by atoms with E-state index in [1.807, 2.05) is 13.8 Å². The van der Waals surface area contributed by atoms with E-state index in [1.165, 1.54) is 0 Å². The number of likely N-dealkylation sites (N-methyl/N-ethyl adjacent to an activating group) is 1. The van der Waals surface area contributed by atoms with Crippen molar-refractivity contribution < 1.29 is 62.8 Å². The molecule has 0 rings (SSSR count). The smallest absolute Gasteiger partial charge is 0.246 e. The van der Waals surface area contributed by atoms with Gasteiger partial charge >= 0.3 is 0 Å². The number of rotatable bonds is 32. The van der Waals surface area contributed by atoms with Gasteiger partial charge in [-0.15, -0.1) is 0 Å². The third-order valence-corrected chi connectivity index (χ3v) is 4.85. The van der Waals surface area contributed by atoms with Gasteiger partial charge in [-0.3, -0.25) is 19.2 Å². The third-order valence-electron chi connectivity index (χ3n) is 4.85. The Morgan fingerprint density at radius 1 is 0.395 bits per heavy atom. The van der Waals surface area contributed by atoms with Gasteiger partial charge in [0, 0.05) is 38.5 Å². The van der Waals surface area contributed by atoms with Crippen LogP contribution in [0.15, 0.2) is 0 Å². The molecule has 16 heteroatoms. The minimum Gasteiger partial charge on any atom is -0.379 e. The fourth-order valence-corrected chi connectivity index (χ4v) is 2.87. The van der Waals surface area contributed by atoms with E-state index in [9.17, 15) is 19.2 Å². The molecule has 0 atom stereocenters. The van der Waals surface area contributed by atoms with Crippen LogP contribution < -0.4 is 21.3 Å². The zero-order valence-corrected chi connectivity index (χ0v) is 25.7. The first kappa shape index (κ1) is 40.6. The van der Waals surface area contributed by atoms with Crippen LogP contribution in [0, 0.1) is 0 Å². The van der Waals surface area contributed by atoms with Crippen molar-refractivity contribution in [2.24, 2.45) is 0 Å². The molecule has 4 amide bonds. The molecule has 0 aromatic carbocycles. The van der Waals surface area contributed by atoms with E-state index < -0.39 is 0 Å². The van der Waals surface area contributed by atoms with Crippen molar-refractivity contribution in [3.05, 3.63) is 0 Å². The minimum atomic E-state index is -0.278. The van der Waals surface area contributed by atoms with Crippen LogP contribution in [0.2, 0.25) is 0 Å². The van der Waals surface area contributed by atoms with Crippen LogP contribution in [0.3, 0.4) is 0 Å².